The van der Waals surface area contributed by atoms with Gasteiger partial charge in [-0.25, -0.2) is 4.39 Å². The lowest BCUT2D eigenvalue weighted by atomic mass is 10.2. The quantitative estimate of drug-likeness (QED) is 0.596. The Morgan fingerprint density at radius 3 is 2.56 bits per heavy atom. The van der Waals surface area contributed by atoms with Crippen LogP contribution in [0.4, 0.5) is 4.39 Å². The number of hydrogen-bond donors (Lipinski definition) is 0. The molecule has 3 rings (SSSR count). The van der Waals surface area contributed by atoms with Gasteiger partial charge in [0, 0.05) is 11.1 Å². The topological polar surface area (TPSA) is 9.23 Å². The van der Waals surface area contributed by atoms with Crippen LogP contribution in [0.1, 0.15) is 17.5 Å². The average molecular weight is 395 g/mol. The normalized spacial score (nSPS) is 12.8. The molecule has 0 spiro atoms. The van der Waals surface area contributed by atoms with Crippen LogP contribution in [0.2, 0.25) is 0 Å². The van der Waals surface area contributed by atoms with E-state index in [1.807, 2.05) is 30.3 Å². The van der Waals surface area contributed by atoms with Crippen LogP contribution >= 0.6 is 15.9 Å². The molecule has 0 atom stereocenters. The van der Waals surface area contributed by atoms with Gasteiger partial charge in [0.15, 0.2) is 0 Å². The molecule has 1 nitrogen and oxygen atoms in total. The molecule has 0 fully saturated rings. The minimum absolute atomic E-state index is 0.313. The van der Waals surface area contributed by atoms with E-state index in [0.29, 0.717) is 16.6 Å². The number of rotatable bonds is 3. The van der Waals surface area contributed by atoms with E-state index in [4.69, 9.17) is 4.74 Å². The Hall–Kier alpha value is -2.57. The Bertz CT molecular complexity index is 896. The van der Waals surface area contributed by atoms with Crippen LogP contribution in [-0.4, -0.2) is 6.61 Å². The van der Waals surface area contributed by atoms with Gasteiger partial charge in [-0.15, -0.1) is 0 Å². The third-order valence-corrected chi connectivity index (χ3v) is 4.22. The number of hydrogen-bond acceptors (Lipinski definition) is 1. The summed E-state index contributed by atoms with van der Waals surface area (Å²) in [6.45, 7) is 0.532. The van der Waals surface area contributed by atoms with Gasteiger partial charge in [-0.1, -0.05) is 42.2 Å². The van der Waals surface area contributed by atoms with Crippen molar-refractivity contribution < 1.29 is 9.13 Å². The minimum atomic E-state index is -0.313. The van der Waals surface area contributed by atoms with E-state index in [1.165, 1.54) is 6.07 Å². The van der Waals surface area contributed by atoms with E-state index in [0.717, 1.165) is 23.3 Å². The summed E-state index contributed by atoms with van der Waals surface area (Å²) in [6, 6.07) is 12.4. The predicted octanol–water partition coefficient (Wildman–Crippen LogP) is 5.81. The van der Waals surface area contributed by atoms with Gasteiger partial charge in [0.2, 0.25) is 0 Å². The molecule has 2 aromatic rings. The summed E-state index contributed by atoms with van der Waals surface area (Å²) in [5.41, 5.74) is 2.63. The second-order valence-electron chi connectivity index (χ2n) is 5.50. The predicted molar refractivity (Wildman–Crippen MR) is 103 cm³/mol. The molecule has 0 aromatic heterocycles. The van der Waals surface area contributed by atoms with Gasteiger partial charge in [0.05, 0.1) is 4.47 Å². The lowest BCUT2D eigenvalue weighted by Crippen LogP contribution is -1.99. The lowest BCUT2D eigenvalue weighted by Gasteiger charge is -2.06. The first-order valence-corrected chi connectivity index (χ1v) is 8.72. The maximum atomic E-state index is 13.5. The highest BCUT2D eigenvalue weighted by molar-refractivity contribution is 9.10. The first kappa shape index (κ1) is 17.3. The van der Waals surface area contributed by atoms with Gasteiger partial charge in [-0.05, 0) is 70.4 Å². The van der Waals surface area contributed by atoms with Gasteiger partial charge in [0.25, 0.3) is 0 Å². The van der Waals surface area contributed by atoms with Crippen molar-refractivity contribution in [2.45, 2.75) is 6.42 Å². The molecule has 0 amide bonds. The van der Waals surface area contributed by atoms with Gasteiger partial charge >= 0.3 is 0 Å². The molecule has 124 valence electrons. The van der Waals surface area contributed by atoms with E-state index < -0.39 is 0 Å². The maximum Gasteiger partial charge on any atom is 0.138 e. The van der Waals surface area contributed by atoms with Gasteiger partial charge in [0.1, 0.15) is 18.2 Å². The fourth-order valence-electron chi connectivity index (χ4n) is 2.24. The fourth-order valence-corrected chi connectivity index (χ4v) is 2.49. The number of ether oxygens (including phenoxy) is 1. The van der Waals surface area contributed by atoms with E-state index in [9.17, 15) is 4.39 Å². The lowest BCUT2D eigenvalue weighted by molar-refractivity contribution is 0.355. The van der Waals surface area contributed by atoms with Crippen LogP contribution in [0.3, 0.4) is 0 Å². The molecule has 0 saturated carbocycles. The van der Waals surface area contributed by atoms with Crippen molar-refractivity contribution in [1.29, 1.82) is 0 Å². The summed E-state index contributed by atoms with van der Waals surface area (Å²) in [7, 11) is 0. The van der Waals surface area contributed by atoms with Gasteiger partial charge < -0.3 is 4.74 Å². The van der Waals surface area contributed by atoms with Crippen LogP contribution < -0.4 is 4.74 Å². The summed E-state index contributed by atoms with van der Waals surface area (Å²) in [4.78, 5) is 0. The summed E-state index contributed by atoms with van der Waals surface area (Å²) in [5.74, 6) is 6.47. The minimum Gasteiger partial charge on any atom is -0.489 e. The summed E-state index contributed by atoms with van der Waals surface area (Å²) in [6.07, 6.45) is 11.4. The van der Waals surface area contributed by atoms with Crippen molar-refractivity contribution >= 4 is 15.9 Å². The van der Waals surface area contributed by atoms with Crippen LogP contribution in [0, 0.1) is 17.7 Å². The van der Waals surface area contributed by atoms with Crippen LogP contribution in [0.25, 0.3) is 0 Å². The van der Waals surface area contributed by atoms with Crippen molar-refractivity contribution in [1.82, 2.24) is 0 Å². The molecule has 0 unspecified atom stereocenters. The first-order chi connectivity index (χ1) is 12.2. The maximum absolute atomic E-state index is 13.5. The average Bonchev–Trinajstić information content (AvgIpc) is 2.91. The molecule has 0 saturated heterocycles. The van der Waals surface area contributed by atoms with Crippen LogP contribution in [0.5, 0.6) is 5.75 Å². The van der Waals surface area contributed by atoms with Crippen molar-refractivity contribution in [3.8, 4) is 17.6 Å². The second-order valence-corrected chi connectivity index (χ2v) is 6.35. The molecule has 25 heavy (non-hydrogen) atoms. The Balaban J connectivity index is 1.62. The van der Waals surface area contributed by atoms with Crippen molar-refractivity contribution in [3.63, 3.8) is 0 Å². The third-order valence-electron chi connectivity index (χ3n) is 3.58. The van der Waals surface area contributed by atoms with E-state index in [-0.39, 0.29) is 5.82 Å². The number of benzene rings is 2. The van der Waals surface area contributed by atoms with E-state index in [2.05, 4.69) is 52.1 Å². The third kappa shape index (κ3) is 5.20. The molecule has 0 radical (unpaired) electrons. The molecule has 3 heteroatoms. The van der Waals surface area contributed by atoms with Crippen LogP contribution in [-0.2, 0) is 0 Å². The van der Waals surface area contributed by atoms with E-state index in [1.54, 1.807) is 12.1 Å². The molecule has 0 heterocycles. The summed E-state index contributed by atoms with van der Waals surface area (Å²) in [5, 5.41) is 0. The Kier molecular flexibility index (Phi) is 5.87. The van der Waals surface area contributed by atoms with Crippen molar-refractivity contribution in [3.05, 3.63) is 99.8 Å². The Labute approximate surface area is 155 Å². The molecular weight excluding hydrogens is 379 g/mol. The highest BCUT2D eigenvalue weighted by Gasteiger charge is 1.99. The van der Waals surface area contributed by atoms with Gasteiger partial charge in [-0.2, -0.15) is 0 Å². The largest absolute Gasteiger partial charge is 0.489 e. The molecule has 0 N–H and O–H groups in total. The van der Waals surface area contributed by atoms with E-state index >= 15 is 0 Å². The van der Waals surface area contributed by atoms with Crippen molar-refractivity contribution in [2.24, 2.45) is 0 Å². The molecule has 1 aliphatic carbocycles. The zero-order chi connectivity index (χ0) is 17.5. The Morgan fingerprint density at radius 2 is 1.76 bits per heavy atom. The summed E-state index contributed by atoms with van der Waals surface area (Å²) < 4.78 is 19.7. The molecule has 2 aromatic carbocycles. The zero-order valence-electron chi connectivity index (χ0n) is 13.5. The Morgan fingerprint density at radius 1 is 1.00 bits per heavy atom. The highest BCUT2D eigenvalue weighted by atomic mass is 79.9. The number of allylic oxidation sites excluding steroid dienone is 4. The highest BCUT2D eigenvalue weighted by Crippen LogP contribution is 2.16. The summed E-state index contributed by atoms with van der Waals surface area (Å²) >= 11 is 3.13. The van der Waals surface area contributed by atoms with Gasteiger partial charge in [-0.3, -0.25) is 0 Å². The smallest absolute Gasteiger partial charge is 0.138 e. The molecule has 0 aliphatic heterocycles. The van der Waals surface area contributed by atoms with Crippen molar-refractivity contribution in [2.75, 3.05) is 6.61 Å². The second kappa shape index (κ2) is 8.50. The SMILES string of the molecule is Fc1cc(C#Cc2ccc(OCC3=CC=CCC=C3)cc2)ccc1Br. The van der Waals surface area contributed by atoms with Crippen LogP contribution in [0.15, 0.2) is 82.9 Å². The molecule has 1 aliphatic rings. The fraction of sp³-hybridized carbons (Fsp3) is 0.0909. The first-order valence-electron chi connectivity index (χ1n) is 7.93. The zero-order valence-corrected chi connectivity index (χ0v) is 15.1. The molecular formula is C22H16BrFO. The number of halogens is 2. The monoisotopic (exact) mass is 394 g/mol. The standard InChI is InChI=1S/C22H16BrFO/c23-21-14-11-18(15-22(21)24)8-7-17-9-12-20(13-10-17)25-16-19-5-3-1-2-4-6-19/h1,3-6,9-15H,2,16H2. The molecule has 0 bridgehead atoms.